The second-order valence-electron chi connectivity index (χ2n) is 6.88. The Morgan fingerprint density at radius 2 is 2.19 bits per heavy atom. The largest absolute Gasteiger partial charge is 0.368 e. The summed E-state index contributed by atoms with van der Waals surface area (Å²) in [6, 6.07) is 5.38. The van der Waals surface area contributed by atoms with Gasteiger partial charge < -0.3 is 9.64 Å². The van der Waals surface area contributed by atoms with Crippen LogP contribution >= 0.6 is 11.6 Å². The molecule has 1 saturated heterocycles. The molecule has 0 saturated carbocycles. The monoisotopic (exact) mass is 446 g/mol. The lowest BCUT2D eigenvalue weighted by atomic mass is 10.1. The van der Waals surface area contributed by atoms with Crippen LogP contribution in [0.15, 0.2) is 36.7 Å². The topological polar surface area (TPSA) is 116 Å². The van der Waals surface area contributed by atoms with E-state index in [-0.39, 0.29) is 35.3 Å². The highest BCUT2D eigenvalue weighted by molar-refractivity contribution is 6.30. The molecule has 3 aromatic rings. The number of morpholine rings is 1. The zero-order chi connectivity index (χ0) is 22.1. The first-order chi connectivity index (χ1) is 14.8. The summed E-state index contributed by atoms with van der Waals surface area (Å²) in [6.07, 6.45) is 2.19. The third kappa shape index (κ3) is 4.23. The number of aryl methyl sites for hydroxylation is 1. The maximum Gasteiger partial charge on any atom is 0.288 e. The van der Waals surface area contributed by atoms with E-state index >= 15 is 0 Å². The molecule has 2 aromatic heterocycles. The Bertz CT molecular complexity index is 1170. The number of hydrogen-bond acceptors (Lipinski definition) is 7. The lowest BCUT2D eigenvalue weighted by Crippen LogP contribution is -2.42. The molecule has 0 N–H and O–H groups in total. The lowest BCUT2D eigenvalue weighted by molar-refractivity contribution is -0.385. The summed E-state index contributed by atoms with van der Waals surface area (Å²) < 4.78 is 20.6. The molecule has 1 unspecified atom stereocenters. The maximum atomic E-state index is 13.4. The molecule has 0 spiro atoms. The van der Waals surface area contributed by atoms with E-state index in [9.17, 15) is 19.3 Å². The van der Waals surface area contributed by atoms with Crippen molar-refractivity contribution in [3.05, 3.63) is 74.6 Å². The number of carbonyl (C=O) groups excluding carboxylic acids is 1. The highest BCUT2D eigenvalue weighted by Crippen LogP contribution is 2.25. The van der Waals surface area contributed by atoms with Crippen LogP contribution in [-0.2, 0) is 4.74 Å². The van der Waals surface area contributed by atoms with Gasteiger partial charge in [0.15, 0.2) is 0 Å². The summed E-state index contributed by atoms with van der Waals surface area (Å²) in [5, 5.41) is 19.1. The summed E-state index contributed by atoms with van der Waals surface area (Å²) >= 11 is 5.82. The molecule has 31 heavy (non-hydrogen) atoms. The van der Waals surface area contributed by atoms with Gasteiger partial charge in [-0.15, -0.1) is 5.10 Å². The number of amides is 1. The fourth-order valence-electron chi connectivity index (χ4n) is 3.20. The molecular formula is C19H16ClFN6O4. The first-order valence-electron chi connectivity index (χ1n) is 9.23. The van der Waals surface area contributed by atoms with E-state index < -0.39 is 16.8 Å². The highest BCUT2D eigenvalue weighted by Gasteiger charge is 2.29. The molecule has 1 amide bonds. The molecular weight excluding hydrogens is 431 g/mol. The van der Waals surface area contributed by atoms with Crippen LogP contribution in [0.3, 0.4) is 0 Å². The molecule has 10 nitrogen and oxygen atoms in total. The van der Waals surface area contributed by atoms with Gasteiger partial charge in [0.25, 0.3) is 11.6 Å². The molecule has 3 heterocycles. The summed E-state index contributed by atoms with van der Waals surface area (Å²) in [7, 11) is 0. The van der Waals surface area contributed by atoms with E-state index in [0.29, 0.717) is 23.6 Å². The fraction of sp³-hybridized carbons (Fsp3) is 0.263. The minimum absolute atomic E-state index is 0.0406. The van der Waals surface area contributed by atoms with Crippen molar-refractivity contribution in [2.24, 2.45) is 0 Å². The standard InChI is InChI=1S/C19H16ClFN6O4/c1-11-14(6-13(8-22-11)27(29)30)19(28)25-4-5-31-18(10-25)17-9-26(24-23-17)12-2-3-16(21)15(20)7-12/h2-3,6-9,18H,4-5,10H2,1H3. The van der Waals surface area contributed by atoms with Gasteiger partial charge in [-0.1, -0.05) is 16.8 Å². The lowest BCUT2D eigenvalue weighted by Gasteiger charge is -2.32. The van der Waals surface area contributed by atoms with Gasteiger partial charge in [0, 0.05) is 12.6 Å². The Labute approximate surface area is 180 Å². The first kappa shape index (κ1) is 20.8. The van der Waals surface area contributed by atoms with Gasteiger partial charge in [0.1, 0.15) is 23.8 Å². The van der Waals surface area contributed by atoms with Crippen LogP contribution in [0.1, 0.15) is 27.8 Å². The normalized spacial score (nSPS) is 16.4. The van der Waals surface area contributed by atoms with E-state index in [4.69, 9.17) is 16.3 Å². The Kier molecular flexibility index (Phi) is 5.61. The van der Waals surface area contributed by atoms with E-state index in [1.165, 1.54) is 33.8 Å². The van der Waals surface area contributed by atoms with Gasteiger partial charge in [-0.25, -0.2) is 9.07 Å². The average molecular weight is 447 g/mol. The van der Waals surface area contributed by atoms with Gasteiger partial charge >= 0.3 is 0 Å². The van der Waals surface area contributed by atoms with E-state index in [1.54, 1.807) is 13.1 Å². The van der Waals surface area contributed by atoms with Crippen LogP contribution in [0.25, 0.3) is 5.69 Å². The Morgan fingerprint density at radius 3 is 2.94 bits per heavy atom. The van der Waals surface area contributed by atoms with E-state index in [1.807, 2.05) is 0 Å². The van der Waals surface area contributed by atoms with Gasteiger partial charge in [-0.3, -0.25) is 19.9 Å². The molecule has 160 valence electrons. The summed E-state index contributed by atoms with van der Waals surface area (Å²) in [4.78, 5) is 28.9. The van der Waals surface area contributed by atoms with Crippen molar-refractivity contribution in [1.82, 2.24) is 24.9 Å². The number of ether oxygens (including phenoxy) is 1. The number of nitro groups is 1. The maximum absolute atomic E-state index is 13.4. The third-order valence-corrected chi connectivity index (χ3v) is 5.17. The number of hydrogen-bond donors (Lipinski definition) is 0. The van der Waals surface area contributed by atoms with Crippen LogP contribution in [0, 0.1) is 22.9 Å². The Balaban J connectivity index is 1.53. The van der Waals surface area contributed by atoms with Crippen molar-refractivity contribution < 1.29 is 18.8 Å². The minimum Gasteiger partial charge on any atom is -0.368 e. The predicted molar refractivity (Wildman–Crippen MR) is 107 cm³/mol. The van der Waals surface area contributed by atoms with Crippen molar-refractivity contribution in [2.45, 2.75) is 13.0 Å². The van der Waals surface area contributed by atoms with Crippen LogP contribution < -0.4 is 0 Å². The van der Waals surface area contributed by atoms with Crippen molar-refractivity contribution in [1.29, 1.82) is 0 Å². The van der Waals surface area contributed by atoms with Crippen LogP contribution in [0.2, 0.25) is 5.02 Å². The number of nitrogens with zero attached hydrogens (tertiary/aromatic N) is 6. The molecule has 12 heteroatoms. The Morgan fingerprint density at radius 1 is 1.39 bits per heavy atom. The molecule has 1 aliphatic rings. The van der Waals surface area contributed by atoms with Crippen molar-refractivity contribution in [3.63, 3.8) is 0 Å². The number of pyridine rings is 1. The molecule has 1 atom stereocenters. The van der Waals surface area contributed by atoms with Crippen LogP contribution in [0.5, 0.6) is 0 Å². The van der Waals surface area contributed by atoms with E-state index in [2.05, 4.69) is 15.3 Å². The van der Waals surface area contributed by atoms with Gasteiger partial charge in [-0.05, 0) is 25.1 Å². The SMILES string of the molecule is Cc1ncc([N+](=O)[O-])cc1C(=O)N1CCOC(c2cn(-c3ccc(F)c(Cl)c3)nn2)C1. The Hall–Kier alpha value is -3.44. The van der Waals surface area contributed by atoms with Crippen molar-refractivity contribution in [3.8, 4) is 5.69 Å². The molecule has 1 fully saturated rings. The zero-order valence-electron chi connectivity index (χ0n) is 16.2. The minimum atomic E-state index is -0.592. The van der Waals surface area contributed by atoms with E-state index in [0.717, 1.165) is 6.20 Å². The summed E-state index contributed by atoms with van der Waals surface area (Å²) in [5.41, 5.74) is 1.32. The summed E-state index contributed by atoms with van der Waals surface area (Å²) in [6.45, 7) is 2.38. The van der Waals surface area contributed by atoms with Gasteiger partial charge in [0.2, 0.25) is 0 Å². The van der Waals surface area contributed by atoms with Crippen molar-refractivity contribution >= 4 is 23.2 Å². The second-order valence-corrected chi connectivity index (χ2v) is 7.29. The van der Waals surface area contributed by atoms with Gasteiger partial charge in [0.05, 0.1) is 46.2 Å². The average Bonchev–Trinajstić information content (AvgIpc) is 3.26. The number of benzene rings is 1. The number of halogens is 2. The smallest absolute Gasteiger partial charge is 0.288 e. The molecule has 4 rings (SSSR count). The van der Waals surface area contributed by atoms with Crippen molar-refractivity contribution in [2.75, 3.05) is 19.7 Å². The predicted octanol–water partition coefficient (Wildman–Crippen LogP) is 2.89. The third-order valence-electron chi connectivity index (χ3n) is 4.88. The molecule has 0 aliphatic carbocycles. The molecule has 1 aromatic carbocycles. The highest BCUT2D eigenvalue weighted by atomic mass is 35.5. The first-order valence-corrected chi connectivity index (χ1v) is 9.61. The fourth-order valence-corrected chi connectivity index (χ4v) is 3.37. The summed E-state index contributed by atoms with van der Waals surface area (Å²) in [5.74, 6) is -0.916. The zero-order valence-corrected chi connectivity index (χ0v) is 17.0. The second kappa shape index (κ2) is 8.36. The van der Waals surface area contributed by atoms with Crippen LogP contribution in [-0.4, -0.2) is 55.4 Å². The van der Waals surface area contributed by atoms with Crippen LogP contribution in [0.4, 0.5) is 10.1 Å². The quantitative estimate of drug-likeness (QED) is 0.446. The number of rotatable bonds is 4. The number of carbonyl (C=O) groups is 1. The molecule has 0 radical (unpaired) electrons. The van der Waals surface area contributed by atoms with Gasteiger partial charge in [-0.2, -0.15) is 0 Å². The molecule has 1 aliphatic heterocycles. The number of aromatic nitrogens is 4. The molecule has 0 bridgehead atoms.